The van der Waals surface area contributed by atoms with Gasteiger partial charge >= 0.3 is 0 Å². The summed E-state index contributed by atoms with van der Waals surface area (Å²) in [7, 11) is 0. The van der Waals surface area contributed by atoms with Crippen LogP contribution in [0.4, 0.5) is 4.39 Å². The van der Waals surface area contributed by atoms with Gasteiger partial charge in [-0.15, -0.1) is 0 Å². The first-order valence-corrected chi connectivity index (χ1v) is 6.18. The maximum absolute atomic E-state index is 13.6. The summed E-state index contributed by atoms with van der Waals surface area (Å²) in [6, 6.07) is 4.55. The summed E-state index contributed by atoms with van der Waals surface area (Å²) >= 11 is 5.68. The zero-order chi connectivity index (χ0) is 12.5. The molecule has 0 atom stereocenters. The van der Waals surface area contributed by atoms with E-state index in [9.17, 15) is 9.50 Å². The summed E-state index contributed by atoms with van der Waals surface area (Å²) < 4.78 is 18.9. The van der Waals surface area contributed by atoms with Gasteiger partial charge in [-0.1, -0.05) is 17.7 Å². The number of hydrogen-bond acceptors (Lipinski definition) is 2. The molecule has 1 aliphatic carbocycles. The van der Waals surface area contributed by atoms with Crippen molar-refractivity contribution in [3.05, 3.63) is 34.6 Å². The zero-order valence-electron chi connectivity index (χ0n) is 9.75. The summed E-state index contributed by atoms with van der Waals surface area (Å²) in [5, 5.41) is 10.5. The van der Waals surface area contributed by atoms with Crippen molar-refractivity contribution >= 4 is 11.6 Å². The van der Waals surface area contributed by atoms with Crippen LogP contribution in [0.25, 0.3) is 0 Å². The van der Waals surface area contributed by atoms with Gasteiger partial charge in [0.05, 0.1) is 11.7 Å². The lowest BCUT2D eigenvalue weighted by Crippen LogP contribution is -2.50. The standard InChI is InChI=1S/C13H16ClFO2/c1-2-17-11-7-13(16,8-11)6-9-3-4-10(14)5-12(9)15/h3-5,11,16H,2,6-8H2,1H3. The van der Waals surface area contributed by atoms with Crippen LogP contribution in [-0.2, 0) is 11.2 Å². The molecule has 17 heavy (non-hydrogen) atoms. The van der Waals surface area contributed by atoms with Crippen molar-refractivity contribution in [1.82, 2.24) is 0 Å². The van der Waals surface area contributed by atoms with Crippen LogP contribution >= 0.6 is 11.6 Å². The van der Waals surface area contributed by atoms with E-state index in [2.05, 4.69) is 0 Å². The molecule has 0 unspecified atom stereocenters. The van der Waals surface area contributed by atoms with Crippen molar-refractivity contribution in [3.63, 3.8) is 0 Å². The fraction of sp³-hybridized carbons (Fsp3) is 0.538. The monoisotopic (exact) mass is 258 g/mol. The lowest BCUT2D eigenvalue weighted by atomic mass is 9.73. The molecule has 4 heteroatoms. The second kappa shape index (κ2) is 4.92. The van der Waals surface area contributed by atoms with E-state index in [1.165, 1.54) is 6.07 Å². The lowest BCUT2D eigenvalue weighted by molar-refractivity contribution is -0.136. The Bertz CT molecular complexity index is 402. The highest BCUT2D eigenvalue weighted by Crippen LogP contribution is 2.37. The second-order valence-electron chi connectivity index (χ2n) is 4.62. The molecule has 0 heterocycles. The minimum atomic E-state index is -0.825. The smallest absolute Gasteiger partial charge is 0.127 e. The number of ether oxygens (including phenoxy) is 1. The van der Waals surface area contributed by atoms with Crippen LogP contribution in [0.1, 0.15) is 25.3 Å². The third kappa shape index (κ3) is 2.97. The molecule has 2 rings (SSSR count). The van der Waals surface area contributed by atoms with Crippen molar-refractivity contribution in [2.24, 2.45) is 0 Å². The van der Waals surface area contributed by atoms with E-state index in [0.29, 0.717) is 36.5 Å². The summed E-state index contributed by atoms with van der Waals surface area (Å²) in [6.07, 6.45) is 1.58. The molecule has 1 N–H and O–H groups in total. The molecule has 0 saturated heterocycles. The molecule has 0 aromatic heterocycles. The van der Waals surface area contributed by atoms with E-state index in [-0.39, 0.29) is 11.9 Å². The van der Waals surface area contributed by atoms with Gasteiger partial charge in [0, 0.05) is 30.9 Å². The van der Waals surface area contributed by atoms with Crippen molar-refractivity contribution in [2.45, 2.75) is 37.9 Å². The summed E-state index contributed by atoms with van der Waals surface area (Å²) in [4.78, 5) is 0. The molecule has 0 amide bonds. The van der Waals surface area contributed by atoms with Gasteiger partial charge < -0.3 is 9.84 Å². The third-order valence-corrected chi connectivity index (χ3v) is 3.39. The molecule has 0 spiro atoms. The SMILES string of the molecule is CCOC1CC(O)(Cc2ccc(Cl)cc2F)C1. The molecule has 1 aromatic carbocycles. The fourth-order valence-electron chi connectivity index (χ4n) is 2.31. The Kier molecular flexibility index (Phi) is 3.71. The first-order valence-electron chi connectivity index (χ1n) is 5.80. The molecule has 1 aromatic rings. The third-order valence-electron chi connectivity index (χ3n) is 3.15. The Balaban J connectivity index is 1.98. The Labute approximate surface area is 105 Å². The van der Waals surface area contributed by atoms with Crippen LogP contribution in [0.2, 0.25) is 5.02 Å². The van der Waals surface area contributed by atoms with Crippen LogP contribution in [0, 0.1) is 5.82 Å². The number of rotatable bonds is 4. The first-order chi connectivity index (χ1) is 8.02. The van der Waals surface area contributed by atoms with Crippen LogP contribution in [0.5, 0.6) is 0 Å². The topological polar surface area (TPSA) is 29.5 Å². The van der Waals surface area contributed by atoms with Gasteiger partial charge in [0.15, 0.2) is 0 Å². The zero-order valence-corrected chi connectivity index (χ0v) is 10.5. The maximum atomic E-state index is 13.6. The van der Waals surface area contributed by atoms with E-state index in [0.717, 1.165) is 0 Å². The molecule has 1 saturated carbocycles. The molecule has 94 valence electrons. The van der Waals surface area contributed by atoms with Crippen LogP contribution in [0.15, 0.2) is 18.2 Å². The molecular weight excluding hydrogens is 243 g/mol. The Morgan fingerprint density at radius 1 is 1.53 bits per heavy atom. The Morgan fingerprint density at radius 2 is 2.24 bits per heavy atom. The highest BCUT2D eigenvalue weighted by molar-refractivity contribution is 6.30. The van der Waals surface area contributed by atoms with Crippen molar-refractivity contribution in [2.75, 3.05) is 6.61 Å². The molecule has 0 aliphatic heterocycles. The van der Waals surface area contributed by atoms with Crippen molar-refractivity contribution in [1.29, 1.82) is 0 Å². The van der Waals surface area contributed by atoms with E-state index in [1.807, 2.05) is 6.92 Å². The van der Waals surface area contributed by atoms with Gasteiger partial charge in [-0.05, 0) is 24.6 Å². The van der Waals surface area contributed by atoms with Crippen LogP contribution in [-0.4, -0.2) is 23.4 Å². The Hall–Kier alpha value is -0.640. The minimum Gasteiger partial charge on any atom is -0.389 e. The van der Waals surface area contributed by atoms with E-state index >= 15 is 0 Å². The normalized spacial score (nSPS) is 27.9. The summed E-state index contributed by atoms with van der Waals surface area (Å²) in [5.74, 6) is -0.356. The van der Waals surface area contributed by atoms with E-state index < -0.39 is 5.60 Å². The fourth-order valence-corrected chi connectivity index (χ4v) is 2.46. The Morgan fingerprint density at radius 3 is 2.82 bits per heavy atom. The van der Waals surface area contributed by atoms with Crippen LogP contribution < -0.4 is 0 Å². The lowest BCUT2D eigenvalue weighted by Gasteiger charge is -2.43. The highest BCUT2D eigenvalue weighted by Gasteiger charge is 2.43. The number of aliphatic hydroxyl groups is 1. The number of hydrogen-bond donors (Lipinski definition) is 1. The predicted molar refractivity (Wildman–Crippen MR) is 64.7 cm³/mol. The number of halogens is 2. The molecular formula is C13H16ClFO2. The highest BCUT2D eigenvalue weighted by atomic mass is 35.5. The van der Waals surface area contributed by atoms with Crippen molar-refractivity contribution < 1.29 is 14.2 Å². The first kappa shape index (κ1) is 12.8. The van der Waals surface area contributed by atoms with Gasteiger partial charge in [0.2, 0.25) is 0 Å². The van der Waals surface area contributed by atoms with Gasteiger partial charge in [-0.25, -0.2) is 4.39 Å². The van der Waals surface area contributed by atoms with Gasteiger partial charge in [-0.3, -0.25) is 0 Å². The summed E-state index contributed by atoms with van der Waals surface area (Å²) in [6.45, 7) is 2.58. The summed E-state index contributed by atoms with van der Waals surface area (Å²) in [5.41, 5.74) is -0.319. The van der Waals surface area contributed by atoms with E-state index in [4.69, 9.17) is 16.3 Å². The number of benzene rings is 1. The van der Waals surface area contributed by atoms with Crippen molar-refractivity contribution in [3.8, 4) is 0 Å². The van der Waals surface area contributed by atoms with Gasteiger partial charge in [-0.2, -0.15) is 0 Å². The minimum absolute atomic E-state index is 0.111. The molecule has 0 bridgehead atoms. The average Bonchev–Trinajstić information content (AvgIpc) is 2.21. The maximum Gasteiger partial charge on any atom is 0.127 e. The van der Waals surface area contributed by atoms with Gasteiger partial charge in [0.25, 0.3) is 0 Å². The largest absolute Gasteiger partial charge is 0.389 e. The molecule has 1 fully saturated rings. The van der Waals surface area contributed by atoms with Crippen LogP contribution in [0.3, 0.4) is 0 Å². The second-order valence-corrected chi connectivity index (χ2v) is 5.06. The molecule has 1 aliphatic rings. The quantitative estimate of drug-likeness (QED) is 0.900. The predicted octanol–water partition coefficient (Wildman–Crippen LogP) is 2.95. The average molecular weight is 259 g/mol. The molecule has 0 radical (unpaired) electrons. The molecule has 2 nitrogen and oxygen atoms in total. The van der Waals surface area contributed by atoms with E-state index in [1.54, 1.807) is 12.1 Å². The van der Waals surface area contributed by atoms with Gasteiger partial charge in [0.1, 0.15) is 5.82 Å².